The molecule has 194 valence electrons. The number of rotatable bonds is 13. The van der Waals surface area contributed by atoms with E-state index in [1.807, 2.05) is 67.6 Å². The first-order valence-corrected chi connectivity index (χ1v) is 12.6. The number of aliphatic hydroxyl groups excluding tert-OH is 1. The maximum absolute atomic E-state index is 14.6. The molecule has 0 spiro atoms. The molecular weight excluding hydrogens is 469 g/mol. The topological polar surface area (TPSA) is 59.8 Å². The van der Waals surface area contributed by atoms with Crippen molar-refractivity contribution in [1.82, 2.24) is 14.7 Å². The molecule has 0 saturated carbocycles. The second kappa shape index (κ2) is 13.1. The summed E-state index contributed by atoms with van der Waals surface area (Å²) in [5, 5.41) is 15.8. The third-order valence-corrected chi connectivity index (χ3v) is 6.17. The fourth-order valence-electron chi connectivity index (χ4n) is 4.33. The zero-order valence-corrected chi connectivity index (χ0v) is 21.4. The molecule has 6 nitrogen and oxygen atoms in total. The molecule has 4 aromatic rings. The van der Waals surface area contributed by atoms with Crippen molar-refractivity contribution in [2.24, 2.45) is 0 Å². The van der Waals surface area contributed by atoms with E-state index in [4.69, 9.17) is 14.6 Å². The Balaban J connectivity index is 1.67. The zero-order chi connectivity index (χ0) is 26.0. The molecule has 0 fully saturated rings. The van der Waals surface area contributed by atoms with Crippen LogP contribution >= 0.6 is 0 Å². The van der Waals surface area contributed by atoms with Crippen LogP contribution in [0.15, 0.2) is 84.9 Å². The Bertz CT molecular complexity index is 1250. The van der Waals surface area contributed by atoms with E-state index in [2.05, 4.69) is 4.90 Å². The first kappa shape index (κ1) is 26.5. The first-order chi connectivity index (χ1) is 18.1. The van der Waals surface area contributed by atoms with Crippen LogP contribution in [-0.2, 0) is 24.1 Å². The standard InChI is InChI=1S/C30H34FN3O3/c1-3-28-26(22-33(18-19-36-2)21-25(35)20-23-12-6-4-7-13-23)30(37-29-17-11-10-16-27(29)31)34(32-28)24-14-8-5-9-15-24/h4-17,25,35H,3,18-22H2,1-2H3/t25-/m0/s1. The Morgan fingerprint density at radius 2 is 1.65 bits per heavy atom. The highest BCUT2D eigenvalue weighted by atomic mass is 19.1. The van der Waals surface area contributed by atoms with Gasteiger partial charge in [0.05, 0.1) is 29.7 Å². The maximum atomic E-state index is 14.6. The van der Waals surface area contributed by atoms with Crippen molar-refractivity contribution in [3.63, 3.8) is 0 Å². The second-order valence-electron chi connectivity index (χ2n) is 8.94. The average Bonchev–Trinajstić information content (AvgIpc) is 3.26. The van der Waals surface area contributed by atoms with Crippen molar-refractivity contribution in [3.05, 3.63) is 108 Å². The molecule has 4 rings (SSSR count). The molecule has 1 N–H and O–H groups in total. The van der Waals surface area contributed by atoms with Gasteiger partial charge >= 0.3 is 0 Å². The van der Waals surface area contributed by atoms with Gasteiger partial charge in [0, 0.05) is 26.7 Å². The molecule has 0 bridgehead atoms. The third-order valence-electron chi connectivity index (χ3n) is 6.17. The SMILES string of the molecule is CCc1nn(-c2ccccc2)c(Oc2ccccc2F)c1CN(CCOC)C[C@@H](O)Cc1ccccc1. The number of ether oxygens (including phenoxy) is 2. The number of methoxy groups -OCH3 is 1. The number of aliphatic hydroxyl groups is 1. The summed E-state index contributed by atoms with van der Waals surface area (Å²) in [6, 6.07) is 26.0. The average molecular weight is 504 g/mol. The van der Waals surface area contributed by atoms with Crippen molar-refractivity contribution in [2.75, 3.05) is 26.8 Å². The quantitative estimate of drug-likeness (QED) is 0.264. The van der Waals surface area contributed by atoms with Crippen LogP contribution in [0.5, 0.6) is 11.6 Å². The van der Waals surface area contributed by atoms with Crippen LogP contribution in [0.2, 0.25) is 0 Å². The smallest absolute Gasteiger partial charge is 0.227 e. The Morgan fingerprint density at radius 3 is 2.32 bits per heavy atom. The van der Waals surface area contributed by atoms with Crippen LogP contribution in [0.3, 0.4) is 0 Å². The van der Waals surface area contributed by atoms with Crippen LogP contribution in [0.1, 0.15) is 23.7 Å². The first-order valence-electron chi connectivity index (χ1n) is 12.6. The summed E-state index contributed by atoms with van der Waals surface area (Å²) in [6.45, 7) is 4.07. The fourth-order valence-corrected chi connectivity index (χ4v) is 4.33. The predicted octanol–water partition coefficient (Wildman–Crippen LogP) is 5.42. The molecule has 0 aliphatic rings. The maximum Gasteiger partial charge on any atom is 0.227 e. The number of halogens is 1. The van der Waals surface area contributed by atoms with E-state index in [1.54, 1.807) is 30.0 Å². The normalized spacial score (nSPS) is 12.1. The number of hydrogen-bond acceptors (Lipinski definition) is 5. The molecule has 0 aliphatic carbocycles. The van der Waals surface area contributed by atoms with Gasteiger partial charge in [0.1, 0.15) is 0 Å². The van der Waals surface area contributed by atoms with E-state index in [-0.39, 0.29) is 5.75 Å². The predicted molar refractivity (Wildman–Crippen MR) is 143 cm³/mol. The van der Waals surface area contributed by atoms with Gasteiger partial charge in [-0.2, -0.15) is 5.10 Å². The monoisotopic (exact) mass is 503 g/mol. The van der Waals surface area contributed by atoms with Gasteiger partial charge in [-0.05, 0) is 42.7 Å². The fraction of sp³-hybridized carbons (Fsp3) is 0.300. The van der Waals surface area contributed by atoms with Crippen LogP contribution < -0.4 is 4.74 Å². The van der Waals surface area contributed by atoms with Gasteiger partial charge in [0.15, 0.2) is 11.6 Å². The van der Waals surface area contributed by atoms with Gasteiger partial charge in [0.2, 0.25) is 5.88 Å². The van der Waals surface area contributed by atoms with Crippen LogP contribution in [0.4, 0.5) is 4.39 Å². The molecule has 0 aliphatic heterocycles. The zero-order valence-electron chi connectivity index (χ0n) is 21.4. The molecule has 0 amide bonds. The molecule has 0 saturated heterocycles. The molecule has 1 atom stereocenters. The van der Waals surface area contributed by atoms with E-state index < -0.39 is 11.9 Å². The van der Waals surface area contributed by atoms with Crippen LogP contribution in [0, 0.1) is 5.82 Å². The summed E-state index contributed by atoms with van der Waals surface area (Å²) >= 11 is 0. The van der Waals surface area contributed by atoms with Gasteiger partial charge < -0.3 is 14.6 Å². The van der Waals surface area contributed by atoms with E-state index in [1.165, 1.54) is 6.07 Å². The lowest BCUT2D eigenvalue weighted by Gasteiger charge is -2.25. The molecule has 3 aromatic carbocycles. The number of para-hydroxylation sites is 2. The third kappa shape index (κ3) is 7.04. The summed E-state index contributed by atoms with van der Waals surface area (Å²) in [7, 11) is 1.66. The molecule has 1 aromatic heterocycles. The Hall–Kier alpha value is -3.52. The summed E-state index contributed by atoms with van der Waals surface area (Å²) in [5.41, 5.74) is 3.62. The second-order valence-corrected chi connectivity index (χ2v) is 8.94. The molecule has 0 unspecified atom stereocenters. The van der Waals surface area contributed by atoms with E-state index in [0.29, 0.717) is 45.0 Å². The van der Waals surface area contributed by atoms with Gasteiger partial charge in [-0.15, -0.1) is 0 Å². The molecule has 1 heterocycles. The summed E-state index contributed by atoms with van der Waals surface area (Å²) in [4.78, 5) is 2.14. The van der Waals surface area contributed by atoms with E-state index in [9.17, 15) is 9.50 Å². The lowest BCUT2D eigenvalue weighted by Crippen LogP contribution is -2.35. The highest BCUT2D eigenvalue weighted by Gasteiger charge is 2.24. The van der Waals surface area contributed by atoms with Crippen molar-refractivity contribution in [3.8, 4) is 17.3 Å². The summed E-state index contributed by atoms with van der Waals surface area (Å²) in [6.07, 6.45) is 0.657. The Morgan fingerprint density at radius 1 is 0.973 bits per heavy atom. The minimum atomic E-state index is -0.565. The van der Waals surface area contributed by atoms with E-state index >= 15 is 0 Å². The van der Waals surface area contributed by atoms with Crippen LogP contribution in [-0.4, -0.2) is 52.7 Å². The lowest BCUT2D eigenvalue weighted by molar-refractivity contribution is 0.0846. The number of nitrogens with zero attached hydrogens (tertiary/aromatic N) is 3. The highest BCUT2D eigenvalue weighted by Crippen LogP contribution is 2.33. The highest BCUT2D eigenvalue weighted by molar-refractivity contribution is 5.44. The molecular formula is C30H34FN3O3. The number of aryl methyl sites for hydroxylation is 1. The lowest BCUT2D eigenvalue weighted by atomic mass is 10.1. The van der Waals surface area contributed by atoms with Crippen LogP contribution in [0.25, 0.3) is 5.69 Å². The van der Waals surface area contributed by atoms with Crippen molar-refractivity contribution >= 4 is 0 Å². The minimum absolute atomic E-state index is 0.135. The van der Waals surface area contributed by atoms with Gasteiger partial charge in [-0.1, -0.05) is 67.6 Å². The van der Waals surface area contributed by atoms with Gasteiger partial charge in [-0.25, -0.2) is 9.07 Å². The summed E-state index contributed by atoms with van der Waals surface area (Å²) in [5.74, 6) is 0.158. The molecule has 7 heteroatoms. The van der Waals surface area contributed by atoms with Crippen molar-refractivity contribution in [2.45, 2.75) is 32.4 Å². The molecule has 0 radical (unpaired) electrons. The number of benzene rings is 3. The number of hydrogen-bond donors (Lipinski definition) is 1. The number of aromatic nitrogens is 2. The Labute approximate surface area is 217 Å². The Kier molecular flexibility index (Phi) is 9.43. The van der Waals surface area contributed by atoms with Gasteiger partial charge in [0.25, 0.3) is 0 Å². The van der Waals surface area contributed by atoms with Crippen molar-refractivity contribution in [1.29, 1.82) is 0 Å². The van der Waals surface area contributed by atoms with Crippen molar-refractivity contribution < 1.29 is 19.0 Å². The van der Waals surface area contributed by atoms with Gasteiger partial charge in [-0.3, -0.25) is 4.90 Å². The summed E-state index contributed by atoms with van der Waals surface area (Å²) < 4.78 is 27.9. The largest absolute Gasteiger partial charge is 0.435 e. The minimum Gasteiger partial charge on any atom is -0.435 e. The molecule has 37 heavy (non-hydrogen) atoms. The van der Waals surface area contributed by atoms with E-state index in [0.717, 1.165) is 22.5 Å².